The maximum atomic E-state index is 6.48. The van der Waals surface area contributed by atoms with Crippen molar-refractivity contribution in [2.45, 2.75) is 38.1 Å². The molecular formula is C15H18N2. The Morgan fingerprint density at radius 1 is 1.12 bits per heavy atom. The first-order chi connectivity index (χ1) is 8.17. The lowest BCUT2D eigenvalue weighted by molar-refractivity contribution is 0.462. The highest BCUT2D eigenvalue weighted by molar-refractivity contribution is 5.79. The van der Waals surface area contributed by atoms with Crippen LogP contribution in [0.3, 0.4) is 0 Å². The van der Waals surface area contributed by atoms with Crippen LogP contribution in [0, 0.1) is 6.92 Å². The van der Waals surface area contributed by atoms with Gasteiger partial charge in [-0.3, -0.25) is 4.98 Å². The minimum Gasteiger partial charge on any atom is -0.321 e. The molecule has 1 fully saturated rings. The minimum absolute atomic E-state index is 0.0981. The molecule has 1 aliphatic carbocycles. The summed E-state index contributed by atoms with van der Waals surface area (Å²) in [5.41, 5.74) is 9.78. The first kappa shape index (κ1) is 10.7. The van der Waals surface area contributed by atoms with E-state index in [2.05, 4.69) is 35.3 Å². The van der Waals surface area contributed by atoms with Gasteiger partial charge in [0.15, 0.2) is 0 Å². The summed E-state index contributed by atoms with van der Waals surface area (Å²) in [5, 5.41) is 1.20. The molecule has 0 aliphatic heterocycles. The maximum absolute atomic E-state index is 6.48. The third-order valence-corrected chi connectivity index (χ3v) is 3.90. The number of pyridine rings is 1. The molecule has 0 bridgehead atoms. The van der Waals surface area contributed by atoms with Crippen LogP contribution >= 0.6 is 0 Å². The van der Waals surface area contributed by atoms with Gasteiger partial charge in [0, 0.05) is 16.6 Å². The van der Waals surface area contributed by atoms with E-state index in [4.69, 9.17) is 5.73 Å². The molecule has 0 saturated heterocycles. The molecule has 0 radical (unpaired) electrons. The molecule has 3 rings (SSSR count). The van der Waals surface area contributed by atoms with Crippen LogP contribution in [-0.2, 0) is 5.54 Å². The Bertz CT molecular complexity index is 554. The lowest BCUT2D eigenvalue weighted by Gasteiger charge is -2.24. The summed E-state index contributed by atoms with van der Waals surface area (Å²) in [6.07, 6.45) is 4.72. The van der Waals surface area contributed by atoms with Crippen molar-refractivity contribution in [1.82, 2.24) is 4.98 Å². The second-order valence-corrected chi connectivity index (χ2v) is 5.22. The van der Waals surface area contributed by atoms with E-state index in [0.717, 1.165) is 24.1 Å². The standard InChI is InChI=1S/C15H18N2/c1-11-4-5-12-10-13(6-7-14(12)17-11)15(16)8-2-3-9-15/h4-7,10H,2-3,8-9,16H2,1H3. The Morgan fingerprint density at radius 3 is 2.65 bits per heavy atom. The van der Waals surface area contributed by atoms with Crippen molar-refractivity contribution in [3.8, 4) is 0 Å². The lowest BCUT2D eigenvalue weighted by Crippen LogP contribution is -2.32. The average Bonchev–Trinajstić information content (AvgIpc) is 2.77. The van der Waals surface area contributed by atoms with Crippen LogP contribution in [-0.4, -0.2) is 4.98 Å². The normalized spacial score (nSPS) is 18.7. The smallest absolute Gasteiger partial charge is 0.0705 e. The van der Waals surface area contributed by atoms with Gasteiger partial charge in [-0.15, -0.1) is 0 Å². The molecule has 88 valence electrons. The summed E-state index contributed by atoms with van der Waals surface area (Å²) in [5.74, 6) is 0. The number of nitrogens with zero attached hydrogens (tertiary/aromatic N) is 1. The number of rotatable bonds is 1. The van der Waals surface area contributed by atoms with E-state index in [-0.39, 0.29) is 5.54 Å². The molecule has 1 heterocycles. The predicted octanol–water partition coefficient (Wildman–Crippen LogP) is 3.27. The zero-order chi connectivity index (χ0) is 11.9. The molecule has 2 heteroatoms. The number of fused-ring (bicyclic) bond motifs is 1. The largest absolute Gasteiger partial charge is 0.321 e. The summed E-state index contributed by atoms with van der Waals surface area (Å²) in [7, 11) is 0. The summed E-state index contributed by atoms with van der Waals surface area (Å²) < 4.78 is 0. The van der Waals surface area contributed by atoms with Crippen molar-refractivity contribution < 1.29 is 0 Å². The van der Waals surface area contributed by atoms with Crippen LogP contribution < -0.4 is 5.73 Å². The fourth-order valence-electron chi connectivity index (χ4n) is 2.83. The Hall–Kier alpha value is -1.41. The van der Waals surface area contributed by atoms with Crippen LogP contribution in [0.4, 0.5) is 0 Å². The van der Waals surface area contributed by atoms with Crippen molar-refractivity contribution in [2.75, 3.05) is 0 Å². The van der Waals surface area contributed by atoms with Gasteiger partial charge in [0.05, 0.1) is 5.52 Å². The Kier molecular flexibility index (Phi) is 2.40. The number of benzene rings is 1. The van der Waals surface area contributed by atoms with Crippen LogP contribution in [0.2, 0.25) is 0 Å². The highest BCUT2D eigenvalue weighted by atomic mass is 14.8. The molecule has 1 aromatic heterocycles. The van der Waals surface area contributed by atoms with E-state index in [9.17, 15) is 0 Å². The lowest BCUT2D eigenvalue weighted by atomic mass is 9.88. The molecule has 1 aliphatic rings. The fraction of sp³-hybridized carbons (Fsp3) is 0.400. The number of aryl methyl sites for hydroxylation is 1. The maximum Gasteiger partial charge on any atom is 0.0705 e. The second-order valence-electron chi connectivity index (χ2n) is 5.22. The molecule has 2 nitrogen and oxygen atoms in total. The predicted molar refractivity (Wildman–Crippen MR) is 70.8 cm³/mol. The van der Waals surface area contributed by atoms with E-state index in [1.165, 1.54) is 23.8 Å². The molecule has 2 N–H and O–H groups in total. The number of nitrogens with two attached hydrogens (primary N) is 1. The number of hydrogen-bond acceptors (Lipinski definition) is 2. The summed E-state index contributed by atoms with van der Waals surface area (Å²) in [4.78, 5) is 4.53. The molecule has 17 heavy (non-hydrogen) atoms. The van der Waals surface area contributed by atoms with Gasteiger partial charge in [0.1, 0.15) is 0 Å². The van der Waals surface area contributed by atoms with Crippen molar-refractivity contribution >= 4 is 10.9 Å². The van der Waals surface area contributed by atoms with Crippen LogP contribution in [0.15, 0.2) is 30.3 Å². The van der Waals surface area contributed by atoms with E-state index in [0.29, 0.717) is 0 Å². The van der Waals surface area contributed by atoms with Gasteiger partial charge in [-0.2, -0.15) is 0 Å². The summed E-state index contributed by atoms with van der Waals surface area (Å²) >= 11 is 0. The molecule has 1 saturated carbocycles. The average molecular weight is 226 g/mol. The Morgan fingerprint density at radius 2 is 1.88 bits per heavy atom. The van der Waals surface area contributed by atoms with Crippen LogP contribution in [0.5, 0.6) is 0 Å². The zero-order valence-electron chi connectivity index (χ0n) is 10.2. The molecule has 2 aromatic rings. The molecule has 1 aromatic carbocycles. The molecule has 0 amide bonds. The van der Waals surface area contributed by atoms with Gasteiger partial charge in [-0.1, -0.05) is 25.0 Å². The summed E-state index contributed by atoms with van der Waals surface area (Å²) in [6, 6.07) is 10.7. The summed E-state index contributed by atoms with van der Waals surface area (Å²) in [6.45, 7) is 2.02. The van der Waals surface area contributed by atoms with Gasteiger partial charge in [-0.25, -0.2) is 0 Å². The van der Waals surface area contributed by atoms with Gasteiger partial charge in [0.25, 0.3) is 0 Å². The number of aromatic nitrogens is 1. The fourth-order valence-corrected chi connectivity index (χ4v) is 2.83. The van der Waals surface area contributed by atoms with Crippen molar-refractivity contribution in [3.05, 3.63) is 41.6 Å². The minimum atomic E-state index is -0.0981. The highest BCUT2D eigenvalue weighted by Crippen LogP contribution is 2.37. The van der Waals surface area contributed by atoms with Gasteiger partial charge in [-0.05, 0) is 43.5 Å². The van der Waals surface area contributed by atoms with Crippen LogP contribution in [0.25, 0.3) is 10.9 Å². The van der Waals surface area contributed by atoms with Gasteiger partial charge < -0.3 is 5.73 Å². The van der Waals surface area contributed by atoms with E-state index < -0.39 is 0 Å². The molecule has 0 unspecified atom stereocenters. The molecule has 0 spiro atoms. The van der Waals surface area contributed by atoms with Crippen molar-refractivity contribution in [3.63, 3.8) is 0 Å². The van der Waals surface area contributed by atoms with E-state index in [1.807, 2.05) is 6.92 Å². The topological polar surface area (TPSA) is 38.9 Å². The van der Waals surface area contributed by atoms with Gasteiger partial charge >= 0.3 is 0 Å². The first-order valence-electron chi connectivity index (χ1n) is 6.34. The van der Waals surface area contributed by atoms with E-state index >= 15 is 0 Å². The Balaban J connectivity index is 2.10. The van der Waals surface area contributed by atoms with E-state index in [1.54, 1.807) is 0 Å². The first-order valence-corrected chi connectivity index (χ1v) is 6.34. The third kappa shape index (κ3) is 1.83. The van der Waals surface area contributed by atoms with Crippen molar-refractivity contribution in [1.29, 1.82) is 0 Å². The van der Waals surface area contributed by atoms with Gasteiger partial charge in [0.2, 0.25) is 0 Å². The highest BCUT2D eigenvalue weighted by Gasteiger charge is 2.31. The zero-order valence-corrected chi connectivity index (χ0v) is 10.2. The van der Waals surface area contributed by atoms with Crippen molar-refractivity contribution in [2.24, 2.45) is 5.73 Å². The second kappa shape index (κ2) is 3.81. The monoisotopic (exact) mass is 226 g/mol. The molecular weight excluding hydrogens is 208 g/mol. The quantitative estimate of drug-likeness (QED) is 0.810. The SMILES string of the molecule is Cc1ccc2cc(C3(N)CCCC3)ccc2n1. The molecule has 0 atom stereocenters. The number of hydrogen-bond donors (Lipinski definition) is 1. The van der Waals surface area contributed by atoms with Crippen LogP contribution in [0.1, 0.15) is 36.9 Å². The third-order valence-electron chi connectivity index (χ3n) is 3.90. The Labute approximate surface area is 102 Å².